The van der Waals surface area contributed by atoms with Crippen LogP contribution in [0.15, 0.2) is 50.6 Å². The van der Waals surface area contributed by atoms with Crippen molar-refractivity contribution < 1.29 is 57.2 Å². The van der Waals surface area contributed by atoms with Crippen molar-refractivity contribution in [2.75, 3.05) is 46.0 Å². The molecule has 0 bridgehead atoms. The number of likely N-dealkylation sites (tertiary alicyclic amines) is 1. The SMILES string of the molecule is C=CCCCCCC(CCCCCC=C)OC(=O)CCCCCC(=O)OCC(COC(=O)CCCCCC(=O)OC(CCCCCC=C)CCCCCC=C)COC(=O)CCC(CCCCCC)OC(=O)NCCN1CCCC1. The standard InChI is InChI=1S/C65H112N2O12/c1-6-11-16-21-28-38-57(39-29-22-17-12-7-2)77-63(71)45-34-25-32-43-60(68)74-53-56(55-76-62(70)48-47-59(42-27-20-15-10-5)79-65(73)66-49-52-67-50-36-37-51-67)54-75-61(69)44-33-26-35-46-64(72)78-58(40-30-23-18-13-8-3)41-31-24-19-14-9-4/h6-9,56-59H,1-4,10-55H2,5H3,(H,66,73). The zero-order valence-corrected chi connectivity index (χ0v) is 49.8. The van der Waals surface area contributed by atoms with E-state index < -0.39 is 36.0 Å². The first-order valence-corrected chi connectivity index (χ1v) is 31.5. The molecule has 0 radical (unpaired) electrons. The van der Waals surface area contributed by atoms with Gasteiger partial charge in [0, 0.05) is 45.2 Å². The molecule has 0 saturated carbocycles. The maximum atomic E-state index is 13.2. The molecule has 14 nitrogen and oxygen atoms in total. The molecule has 454 valence electrons. The molecular weight excluding hydrogens is 1000 g/mol. The number of amides is 1. The number of nitrogens with zero attached hydrogens (tertiary/aromatic N) is 1. The molecule has 1 aliphatic heterocycles. The summed E-state index contributed by atoms with van der Waals surface area (Å²) in [6.07, 6.45) is 38.5. The smallest absolute Gasteiger partial charge is 0.407 e. The molecule has 1 atom stereocenters. The summed E-state index contributed by atoms with van der Waals surface area (Å²) in [5.41, 5.74) is 0. The zero-order valence-electron chi connectivity index (χ0n) is 49.8. The van der Waals surface area contributed by atoms with Gasteiger partial charge in [0.15, 0.2) is 0 Å². The molecule has 1 amide bonds. The summed E-state index contributed by atoms with van der Waals surface area (Å²) in [6, 6.07) is 0. The Labute approximate surface area is 479 Å². The lowest BCUT2D eigenvalue weighted by atomic mass is 10.0. The predicted octanol–water partition coefficient (Wildman–Crippen LogP) is 15.4. The van der Waals surface area contributed by atoms with Gasteiger partial charge in [-0.25, -0.2) is 4.79 Å². The highest BCUT2D eigenvalue weighted by atomic mass is 16.6. The minimum atomic E-state index is -0.613. The zero-order chi connectivity index (χ0) is 57.7. The molecule has 0 aromatic heterocycles. The van der Waals surface area contributed by atoms with Gasteiger partial charge in [-0.05, 0) is 174 Å². The molecule has 1 aliphatic rings. The monoisotopic (exact) mass is 1110 g/mol. The highest BCUT2D eigenvalue weighted by molar-refractivity contribution is 5.71. The fourth-order valence-corrected chi connectivity index (χ4v) is 9.64. The number of hydrogen-bond donors (Lipinski definition) is 1. The van der Waals surface area contributed by atoms with Crippen LogP contribution >= 0.6 is 0 Å². The van der Waals surface area contributed by atoms with Gasteiger partial charge in [-0.1, -0.05) is 89.0 Å². The number of ether oxygens (including phenoxy) is 6. The molecule has 79 heavy (non-hydrogen) atoms. The van der Waals surface area contributed by atoms with Crippen LogP contribution in [-0.2, 0) is 52.4 Å². The molecule has 1 fully saturated rings. The minimum absolute atomic E-state index is 0.0204. The lowest BCUT2D eigenvalue weighted by molar-refractivity contribution is -0.154. The number of unbranched alkanes of at least 4 members (excludes halogenated alkanes) is 19. The van der Waals surface area contributed by atoms with Crippen molar-refractivity contribution in [2.45, 2.75) is 276 Å². The second-order valence-electron chi connectivity index (χ2n) is 21.9. The van der Waals surface area contributed by atoms with Crippen LogP contribution in [0.1, 0.15) is 257 Å². The minimum Gasteiger partial charge on any atom is -0.465 e. The van der Waals surface area contributed by atoms with Gasteiger partial charge in [-0.3, -0.25) is 24.0 Å². The summed E-state index contributed by atoms with van der Waals surface area (Å²) in [4.78, 5) is 79.9. The van der Waals surface area contributed by atoms with E-state index in [0.717, 1.165) is 174 Å². The molecule has 0 aromatic carbocycles. The van der Waals surface area contributed by atoms with Gasteiger partial charge in [0.05, 0.1) is 5.92 Å². The van der Waals surface area contributed by atoms with E-state index in [4.69, 9.17) is 28.4 Å². The average molecular weight is 1110 g/mol. The van der Waals surface area contributed by atoms with E-state index in [0.29, 0.717) is 57.9 Å². The van der Waals surface area contributed by atoms with E-state index in [1.807, 2.05) is 24.3 Å². The van der Waals surface area contributed by atoms with E-state index in [2.05, 4.69) is 43.5 Å². The molecule has 1 heterocycles. The van der Waals surface area contributed by atoms with Crippen LogP contribution in [-0.4, -0.2) is 105 Å². The number of carbonyl (C=O) groups excluding carboxylic acids is 6. The normalized spacial score (nSPS) is 12.8. The molecule has 0 aromatic rings. The lowest BCUT2D eigenvalue weighted by Crippen LogP contribution is -2.35. The van der Waals surface area contributed by atoms with Crippen LogP contribution < -0.4 is 5.32 Å². The first kappa shape index (κ1) is 72.6. The number of esters is 5. The first-order chi connectivity index (χ1) is 38.5. The molecule has 1 rings (SSSR count). The van der Waals surface area contributed by atoms with Crippen molar-refractivity contribution >= 4 is 35.9 Å². The molecule has 1 unspecified atom stereocenters. The maximum Gasteiger partial charge on any atom is 0.407 e. The number of alkyl carbamates (subject to hydrolysis) is 1. The second-order valence-corrected chi connectivity index (χ2v) is 21.9. The molecule has 1 saturated heterocycles. The molecule has 1 N–H and O–H groups in total. The average Bonchev–Trinajstić information content (AvgIpc) is 3.96. The Morgan fingerprint density at radius 1 is 0.418 bits per heavy atom. The van der Waals surface area contributed by atoms with Crippen LogP contribution in [0.2, 0.25) is 0 Å². The largest absolute Gasteiger partial charge is 0.465 e. The second kappa shape index (κ2) is 52.9. The summed E-state index contributed by atoms with van der Waals surface area (Å²) in [6.45, 7) is 20.3. The molecule has 0 spiro atoms. The van der Waals surface area contributed by atoms with Crippen molar-refractivity contribution in [3.63, 3.8) is 0 Å². The van der Waals surface area contributed by atoms with Crippen molar-refractivity contribution in [3.8, 4) is 0 Å². The van der Waals surface area contributed by atoms with Gasteiger partial charge in [-0.15, -0.1) is 26.3 Å². The number of nitrogens with one attached hydrogen (secondary N) is 1. The summed E-state index contributed by atoms with van der Waals surface area (Å²) < 4.78 is 34.6. The third-order valence-electron chi connectivity index (χ3n) is 14.5. The van der Waals surface area contributed by atoms with Gasteiger partial charge in [-0.2, -0.15) is 0 Å². The first-order valence-electron chi connectivity index (χ1n) is 31.5. The number of allylic oxidation sites excluding steroid dienone is 4. The van der Waals surface area contributed by atoms with Crippen LogP contribution in [0.4, 0.5) is 4.79 Å². The lowest BCUT2D eigenvalue weighted by Gasteiger charge is -2.20. The Morgan fingerprint density at radius 2 is 0.759 bits per heavy atom. The van der Waals surface area contributed by atoms with Crippen LogP contribution in [0.5, 0.6) is 0 Å². The van der Waals surface area contributed by atoms with Crippen molar-refractivity contribution in [2.24, 2.45) is 5.92 Å². The van der Waals surface area contributed by atoms with Gasteiger partial charge in [0.25, 0.3) is 0 Å². The third-order valence-corrected chi connectivity index (χ3v) is 14.5. The van der Waals surface area contributed by atoms with Gasteiger partial charge < -0.3 is 38.6 Å². The Hall–Kier alpha value is -4.46. The van der Waals surface area contributed by atoms with E-state index in [1.165, 1.54) is 12.8 Å². The highest BCUT2D eigenvalue weighted by Crippen LogP contribution is 2.21. The predicted molar refractivity (Wildman–Crippen MR) is 317 cm³/mol. The van der Waals surface area contributed by atoms with Crippen molar-refractivity contribution in [1.82, 2.24) is 10.2 Å². The molecule has 14 heteroatoms. The van der Waals surface area contributed by atoms with E-state index >= 15 is 0 Å². The maximum absolute atomic E-state index is 13.2. The van der Waals surface area contributed by atoms with Crippen molar-refractivity contribution in [1.29, 1.82) is 0 Å². The highest BCUT2D eigenvalue weighted by Gasteiger charge is 2.22. The topological polar surface area (TPSA) is 173 Å². The van der Waals surface area contributed by atoms with E-state index in [9.17, 15) is 28.8 Å². The van der Waals surface area contributed by atoms with Gasteiger partial charge >= 0.3 is 35.9 Å². The fourth-order valence-electron chi connectivity index (χ4n) is 9.64. The summed E-state index contributed by atoms with van der Waals surface area (Å²) >= 11 is 0. The number of carbonyl (C=O) groups is 6. The fraction of sp³-hybridized carbons (Fsp3) is 0.785. The Balaban J connectivity index is 2.76. The van der Waals surface area contributed by atoms with Crippen LogP contribution in [0.3, 0.4) is 0 Å². The Bertz CT molecular complexity index is 1500. The molecule has 0 aliphatic carbocycles. The molecular formula is C65H112N2O12. The summed E-state index contributed by atoms with van der Waals surface area (Å²) in [7, 11) is 0. The van der Waals surface area contributed by atoms with Crippen LogP contribution in [0.25, 0.3) is 0 Å². The van der Waals surface area contributed by atoms with Crippen molar-refractivity contribution in [3.05, 3.63) is 50.6 Å². The Morgan fingerprint density at radius 3 is 1.14 bits per heavy atom. The number of rotatable bonds is 56. The quantitative estimate of drug-likeness (QED) is 0.0264. The van der Waals surface area contributed by atoms with E-state index in [1.54, 1.807) is 0 Å². The van der Waals surface area contributed by atoms with Gasteiger partial charge in [0.2, 0.25) is 0 Å². The third kappa shape index (κ3) is 45.9. The number of hydrogen-bond acceptors (Lipinski definition) is 13. The summed E-state index contributed by atoms with van der Waals surface area (Å²) in [5, 5.41) is 2.87. The Kier molecular flexibility index (Phi) is 48.6. The summed E-state index contributed by atoms with van der Waals surface area (Å²) in [5.74, 6) is -2.38. The van der Waals surface area contributed by atoms with Gasteiger partial charge in [0.1, 0.15) is 38.1 Å². The van der Waals surface area contributed by atoms with Crippen LogP contribution in [0, 0.1) is 5.92 Å². The van der Waals surface area contributed by atoms with E-state index in [-0.39, 0.29) is 76.1 Å².